The standard InChI is InChI=1S/C7H16N2.C2H6/c1-7(5-8)3-4-9(2)6-7;1-2/h3-6,8H2,1-2H3;1-2H3/t7-;/m0./s1. The summed E-state index contributed by atoms with van der Waals surface area (Å²) in [6, 6.07) is 0. The van der Waals surface area contributed by atoms with Crippen LogP contribution in [0.3, 0.4) is 0 Å². The normalized spacial score (nSPS) is 31.4. The summed E-state index contributed by atoms with van der Waals surface area (Å²) in [6.45, 7) is 9.48. The first-order valence-corrected chi connectivity index (χ1v) is 4.55. The van der Waals surface area contributed by atoms with E-state index in [9.17, 15) is 0 Å². The Morgan fingerprint density at radius 1 is 1.45 bits per heavy atom. The van der Waals surface area contributed by atoms with Crippen molar-refractivity contribution >= 4 is 0 Å². The zero-order valence-corrected chi connectivity index (χ0v) is 8.35. The van der Waals surface area contributed by atoms with Crippen molar-refractivity contribution in [1.82, 2.24) is 4.90 Å². The molecule has 0 aromatic carbocycles. The minimum atomic E-state index is 0.411. The Morgan fingerprint density at radius 3 is 2.18 bits per heavy atom. The van der Waals surface area contributed by atoms with Crippen LogP contribution >= 0.6 is 0 Å². The highest BCUT2D eigenvalue weighted by atomic mass is 15.1. The van der Waals surface area contributed by atoms with Crippen molar-refractivity contribution in [1.29, 1.82) is 0 Å². The molecule has 68 valence electrons. The first-order valence-electron chi connectivity index (χ1n) is 4.55. The summed E-state index contributed by atoms with van der Waals surface area (Å²) in [6.07, 6.45) is 1.26. The summed E-state index contributed by atoms with van der Waals surface area (Å²) >= 11 is 0. The van der Waals surface area contributed by atoms with E-state index in [1.807, 2.05) is 13.8 Å². The minimum Gasteiger partial charge on any atom is -0.330 e. The predicted octanol–water partition coefficient (Wildman–Crippen LogP) is 1.31. The van der Waals surface area contributed by atoms with Crippen LogP contribution in [0.2, 0.25) is 0 Å². The molecule has 1 aliphatic rings. The number of hydrogen-bond donors (Lipinski definition) is 1. The van der Waals surface area contributed by atoms with Gasteiger partial charge in [0.2, 0.25) is 0 Å². The zero-order valence-electron chi connectivity index (χ0n) is 8.35. The second-order valence-corrected chi connectivity index (χ2v) is 3.50. The number of rotatable bonds is 1. The Balaban J connectivity index is 0.000000461. The second-order valence-electron chi connectivity index (χ2n) is 3.50. The third-order valence-electron chi connectivity index (χ3n) is 2.24. The van der Waals surface area contributed by atoms with Crippen LogP contribution in [0.15, 0.2) is 0 Å². The van der Waals surface area contributed by atoms with E-state index in [0.717, 1.165) is 6.54 Å². The van der Waals surface area contributed by atoms with E-state index in [1.54, 1.807) is 0 Å². The van der Waals surface area contributed by atoms with Gasteiger partial charge in [0.15, 0.2) is 0 Å². The fraction of sp³-hybridized carbons (Fsp3) is 1.00. The Kier molecular flexibility index (Phi) is 4.69. The Labute approximate surface area is 70.8 Å². The van der Waals surface area contributed by atoms with Gasteiger partial charge in [-0.1, -0.05) is 20.8 Å². The highest BCUT2D eigenvalue weighted by Gasteiger charge is 2.29. The number of nitrogens with two attached hydrogens (primary N) is 1. The fourth-order valence-corrected chi connectivity index (χ4v) is 1.44. The third kappa shape index (κ3) is 3.21. The van der Waals surface area contributed by atoms with Crippen LogP contribution in [0, 0.1) is 5.41 Å². The largest absolute Gasteiger partial charge is 0.330 e. The molecule has 1 fully saturated rings. The Hall–Kier alpha value is -0.0800. The van der Waals surface area contributed by atoms with Gasteiger partial charge >= 0.3 is 0 Å². The molecule has 2 nitrogen and oxygen atoms in total. The molecular weight excluding hydrogens is 136 g/mol. The van der Waals surface area contributed by atoms with Crippen LogP contribution in [-0.4, -0.2) is 31.6 Å². The number of hydrogen-bond acceptors (Lipinski definition) is 2. The molecule has 2 N–H and O–H groups in total. The van der Waals surface area contributed by atoms with Crippen molar-refractivity contribution in [3.8, 4) is 0 Å². The highest BCUT2D eigenvalue weighted by molar-refractivity contribution is 4.85. The summed E-state index contributed by atoms with van der Waals surface area (Å²) in [4.78, 5) is 2.34. The van der Waals surface area contributed by atoms with Gasteiger partial charge in [0, 0.05) is 6.54 Å². The van der Waals surface area contributed by atoms with Crippen molar-refractivity contribution in [2.45, 2.75) is 27.2 Å². The number of nitrogens with zero attached hydrogens (tertiary/aromatic N) is 1. The monoisotopic (exact) mass is 158 g/mol. The van der Waals surface area contributed by atoms with Gasteiger partial charge < -0.3 is 10.6 Å². The van der Waals surface area contributed by atoms with Crippen molar-refractivity contribution in [2.24, 2.45) is 11.1 Å². The summed E-state index contributed by atoms with van der Waals surface area (Å²) in [7, 11) is 2.15. The SMILES string of the molecule is CC.CN1CC[C@@](C)(CN)C1. The van der Waals surface area contributed by atoms with Crippen molar-refractivity contribution in [3.05, 3.63) is 0 Å². The molecule has 0 amide bonds. The van der Waals surface area contributed by atoms with E-state index < -0.39 is 0 Å². The first kappa shape index (κ1) is 10.9. The first-order chi connectivity index (χ1) is 5.16. The van der Waals surface area contributed by atoms with Crippen LogP contribution in [0.25, 0.3) is 0 Å². The molecule has 0 spiro atoms. The maximum Gasteiger partial charge on any atom is 0.00448 e. The molecule has 1 rings (SSSR count). The van der Waals surface area contributed by atoms with Gasteiger partial charge in [-0.25, -0.2) is 0 Å². The lowest BCUT2D eigenvalue weighted by atomic mass is 9.90. The van der Waals surface area contributed by atoms with E-state index in [4.69, 9.17) is 5.73 Å². The van der Waals surface area contributed by atoms with E-state index in [1.165, 1.54) is 19.5 Å². The molecule has 1 aliphatic heterocycles. The van der Waals surface area contributed by atoms with Gasteiger partial charge in [0.25, 0.3) is 0 Å². The van der Waals surface area contributed by atoms with Crippen LogP contribution in [-0.2, 0) is 0 Å². The van der Waals surface area contributed by atoms with Gasteiger partial charge in [-0.05, 0) is 32.0 Å². The summed E-state index contributed by atoms with van der Waals surface area (Å²) in [5, 5.41) is 0. The average molecular weight is 158 g/mol. The summed E-state index contributed by atoms with van der Waals surface area (Å²) in [5.74, 6) is 0. The molecule has 0 aliphatic carbocycles. The maximum absolute atomic E-state index is 5.60. The molecule has 1 atom stereocenters. The van der Waals surface area contributed by atoms with Gasteiger partial charge in [0.1, 0.15) is 0 Å². The lowest BCUT2D eigenvalue weighted by Gasteiger charge is -2.20. The van der Waals surface area contributed by atoms with E-state index in [-0.39, 0.29) is 0 Å². The van der Waals surface area contributed by atoms with Crippen LogP contribution in [0.5, 0.6) is 0 Å². The smallest absolute Gasteiger partial charge is 0.00448 e. The minimum absolute atomic E-state index is 0.411. The Bertz CT molecular complexity index is 104. The van der Waals surface area contributed by atoms with Crippen molar-refractivity contribution < 1.29 is 0 Å². The number of likely N-dealkylation sites (tertiary alicyclic amines) is 1. The molecule has 1 saturated heterocycles. The maximum atomic E-state index is 5.60. The van der Waals surface area contributed by atoms with Gasteiger partial charge in [-0.2, -0.15) is 0 Å². The average Bonchev–Trinajstić information content (AvgIpc) is 2.37. The topological polar surface area (TPSA) is 29.3 Å². The van der Waals surface area contributed by atoms with E-state index >= 15 is 0 Å². The molecule has 0 aromatic heterocycles. The van der Waals surface area contributed by atoms with E-state index in [0.29, 0.717) is 5.41 Å². The quantitative estimate of drug-likeness (QED) is 0.623. The lowest BCUT2D eigenvalue weighted by molar-refractivity contribution is 0.318. The van der Waals surface area contributed by atoms with E-state index in [2.05, 4.69) is 18.9 Å². The second kappa shape index (κ2) is 4.73. The molecule has 0 aromatic rings. The molecular formula is C9H22N2. The van der Waals surface area contributed by atoms with Gasteiger partial charge in [-0.15, -0.1) is 0 Å². The van der Waals surface area contributed by atoms with Crippen LogP contribution < -0.4 is 5.73 Å². The fourth-order valence-electron chi connectivity index (χ4n) is 1.44. The van der Waals surface area contributed by atoms with Crippen LogP contribution in [0.4, 0.5) is 0 Å². The van der Waals surface area contributed by atoms with Crippen molar-refractivity contribution in [3.63, 3.8) is 0 Å². The van der Waals surface area contributed by atoms with Crippen LogP contribution in [0.1, 0.15) is 27.2 Å². The molecule has 11 heavy (non-hydrogen) atoms. The van der Waals surface area contributed by atoms with Crippen molar-refractivity contribution in [2.75, 3.05) is 26.7 Å². The summed E-state index contributed by atoms with van der Waals surface area (Å²) < 4.78 is 0. The van der Waals surface area contributed by atoms with Gasteiger partial charge in [0.05, 0.1) is 0 Å². The Morgan fingerprint density at radius 2 is 2.00 bits per heavy atom. The molecule has 0 saturated carbocycles. The summed E-state index contributed by atoms with van der Waals surface area (Å²) in [5.41, 5.74) is 6.02. The molecule has 0 bridgehead atoms. The van der Waals surface area contributed by atoms with Gasteiger partial charge in [-0.3, -0.25) is 0 Å². The third-order valence-corrected chi connectivity index (χ3v) is 2.24. The molecule has 1 heterocycles. The zero-order chi connectivity index (χ0) is 8.91. The molecule has 0 radical (unpaired) electrons. The lowest BCUT2D eigenvalue weighted by Crippen LogP contribution is -2.29. The molecule has 0 unspecified atom stereocenters. The molecule has 2 heteroatoms. The highest BCUT2D eigenvalue weighted by Crippen LogP contribution is 2.26. The predicted molar refractivity (Wildman–Crippen MR) is 50.6 cm³/mol.